The molecule has 1 atom stereocenters. The monoisotopic (exact) mass is 419 g/mol. The lowest BCUT2D eigenvalue weighted by atomic mass is 9.88. The fraction of sp³-hybridized carbons (Fsp3) is 0.519. The van der Waals surface area contributed by atoms with Gasteiger partial charge in [0.25, 0.3) is 5.91 Å². The van der Waals surface area contributed by atoms with E-state index in [-0.39, 0.29) is 5.91 Å². The molecule has 4 nitrogen and oxygen atoms in total. The molecule has 0 bridgehead atoms. The molecule has 2 N–H and O–H groups in total. The molecular formula is C27H37N3O. The van der Waals surface area contributed by atoms with Gasteiger partial charge in [0.15, 0.2) is 0 Å². The summed E-state index contributed by atoms with van der Waals surface area (Å²) < 4.78 is 0. The molecule has 4 rings (SSSR count). The lowest BCUT2D eigenvalue weighted by Gasteiger charge is -2.27. The molecule has 0 aliphatic carbocycles. The van der Waals surface area contributed by atoms with E-state index < -0.39 is 0 Å². The minimum atomic E-state index is 0.0402. The number of nitrogens with zero attached hydrogens (tertiary/aromatic N) is 1. The summed E-state index contributed by atoms with van der Waals surface area (Å²) in [6.45, 7) is 11.9. The third-order valence-corrected chi connectivity index (χ3v) is 7.10. The van der Waals surface area contributed by atoms with E-state index in [1.807, 2.05) is 0 Å². The lowest BCUT2D eigenvalue weighted by molar-refractivity contribution is 0.0961. The molecule has 0 saturated heterocycles. The smallest absolute Gasteiger partial charge is 0.251 e. The highest BCUT2D eigenvalue weighted by molar-refractivity contribution is 5.96. The molecule has 0 fully saturated rings. The minimum absolute atomic E-state index is 0.0402. The van der Waals surface area contributed by atoms with Gasteiger partial charge in [0.1, 0.15) is 0 Å². The number of fused-ring (bicyclic) bond motifs is 2. The van der Waals surface area contributed by atoms with E-state index in [9.17, 15) is 4.79 Å². The van der Waals surface area contributed by atoms with Crippen LogP contribution in [-0.4, -0.2) is 44.0 Å². The number of nitrogens with one attached hydrogen (secondary N) is 2. The van der Waals surface area contributed by atoms with Gasteiger partial charge in [-0.2, -0.15) is 0 Å². The van der Waals surface area contributed by atoms with Gasteiger partial charge in [-0.1, -0.05) is 45.0 Å². The van der Waals surface area contributed by atoms with Crippen LogP contribution in [0.25, 0.3) is 0 Å². The van der Waals surface area contributed by atoms with Crippen LogP contribution in [0.4, 0.5) is 0 Å². The standard InChI is InChI=1S/C27H37N3O/c1-18(2)21-6-5-20-8-11-30(12-9-22(20)13-21)17-19(3)23-14-24-16-29-10-7-25(24)26(15-23)27(31)28-4/h5-6,13-15,18-19,29H,7-12,16-17H2,1-4H3,(H,28,31). The van der Waals surface area contributed by atoms with Crippen molar-refractivity contribution in [2.75, 3.05) is 33.2 Å². The van der Waals surface area contributed by atoms with Crippen molar-refractivity contribution in [3.05, 3.63) is 69.3 Å². The van der Waals surface area contributed by atoms with Crippen molar-refractivity contribution in [1.29, 1.82) is 0 Å². The van der Waals surface area contributed by atoms with Gasteiger partial charge in [0.2, 0.25) is 0 Å². The Kier molecular flexibility index (Phi) is 6.78. The van der Waals surface area contributed by atoms with Crippen LogP contribution in [0.5, 0.6) is 0 Å². The fourth-order valence-electron chi connectivity index (χ4n) is 5.09. The molecule has 0 aromatic heterocycles. The number of rotatable bonds is 5. The van der Waals surface area contributed by atoms with E-state index >= 15 is 0 Å². The third kappa shape index (κ3) is 4.86. The average Bonchev–Trinajstić information content (AvgIpc) is 2.99. The van der Waals surface area contributed by atoms with Crippen molar-refractivity contribution < 1.29 is 4.79 Å². The van der Waals surface area contributed by atoms with E-state index in [4.69, 9.17) is 0 Å². The van der Waals surface area contributed by atoms with Crippen LogP contribution in [0.1, 0.15) is 76.3 Å². The maximum absolute atomic E-state index is 12.6. The number of carbonyl (C=O) groups is 1. The van der Waals surface area contributed by atoms with Crippen molar-refractivity contribution in [3.8, 4) is 0 Å². The van der Waals surface area contributed by atoms with Crippen LogP contribution < -0.4 is 10.6 Å². The predicted molar refractivity (Wildman–Crippen MR) is 128 cm³/mol. The Balaban J connectivity index is 1.49. The van der Waals surface area contributed by atoms with Gasteiger partial charge < -0.3 is 15.5 Å². The van der Waals surface area contributed by atoms with Gasteiger partial charge in [-0.3, -0.25) is 4.79 Å². The molecule has 2 aromatic rings. The second kappa shape index (κ2) is 9.54. The maximum Gasteiger partial charge on any atom is 0.251 e. The van der Waals surface area contributed by atoms with E-state index in [0.29, 0.717) is 11.8 Å². The number of hydrogen-bond acceptors (Lipinski definition) is 3. The van der Waals surface area contributed by atoms with Crippen molar-refractivity contribution in [1.82, 2.24) is 15.5 Å². The first-order valence-electron chi connectivity index (χ1n) is 11.9. The molecule has 31 heavy (non-hydrogen) atoms. The number of carbonyl (C=O) groups excluding carboxylic acids is 1. The van der Waals surface area contributed by atoms with Gasteiger partial charge in [-0.05, 0) is 77.1 Å². The van der Waals surface area contributed by atoms with E-state index in [0.717, 1.165) is 57.5 Å². The lowest BCUT2D eigenvalue weighted by Crippen LogP contribution is -2.31. The molecular weight excluding hydrogens is 382 g/mol. The third-order valence-electron chi connectivity index (χ3n) is 7.10. The van der Waals surface area contributed by atoms with Gasteiger partial charge in [0, 0.05) is 38.8 Å². The average molecular weight is 420 g/mol. The Bertz CT molecular complexity index is 950. The number of hydrogen-bond donors (Lipinski definition) is 2. The predicted octanol–water partition coefficient (Wildman–Crippen LogP) is 4.02. The van der Waals surface area contributed by atoms with Gasteiger partial charge in [-0.25, -0.2) is 0 Å². The Hall–Kier alpha value is -2.17. The Morgan fingerprint density at radius 3 is 2.48 bits per heavy atom. The first-order chi connectivity index (χ1) is 15.0. The summed E-state index contributed by atoms with van der Waals surface area (Å²) in [5.41, 5.74) is 9.16. The van der Waals surface area contributed by atoms with Gasteiger partial charge in [-0.15, -0.1) is 0 Å². The van der Waals surface area contributed by atoms with Crippen molar-refractivity contribution in [3.63, 3.8) is 0 Å². The van der Waals surface area contributed by atoms with Crippen LogP contribution in [0.2, 0.25) is 0 Å². The summed E-state index contributed by atoms with van der Waals surface area (Å²) in [4.78, 5) is 15.2. The maximum atomic E-state index is 12.6. The first kappa shape index (κ1) is 22.0. The van der Waals surface area contributed by atoms with Crippen molar-refractivity contribution >= 4 is 5.91 Å². The normalized spacial score (nSPS) is 17.6. The molecule has 2 aromatic carbocycles. The van der Waals surface area contributed by atoms with Crippen LogP contribution >= 0.6 is 0 Å². The van der Waals surface area contributed by atoms with Crippen LogP contribution in [0, 0.1) is 0 Å². The molecule has 2 aliphatic heterocycles. The summed E-state index contributed by atoms with van der Waals surface area (Å²) >= 11 is 0. The van der Waals surface area contributed by atoms with Crippen molar-refractivity contribution in [2.24, 2.45) is 0 Å². The molecule has 2 aliphatic rings. The van der Waals surface area contributed by atoms with Crippen LogP contribution in [0.3, 0.4) is 0 Å². The summed E-state index contributed by atoms with van der Waals surface area (Å²) in [5, 5.41) is 6.30. The summed E-state index contributed by atoms with van der Waals surface area (Å²) in [5.74, 6) is 1.01. The van der Waals surface area contributed by atoms with Crippen molar-refractivity contribution in [2.45, 2.75) is 58.4 Å². The first-order valence-corrected chi connectivity index (χ1v) is 11.9. The molecule has 0 radical (unpaired) electrons. The second-order valence-electron chi connectivity index (χ2n) is 9.60. The largest absolute Gasteiger partial charge is 0.355 e. The summed E-state index contributed by atoms with van der Waals surface area (Å²) in [6, 6.07) is 11.6. The Labute approximate surface area is 187 Å². The second-order valence-corrected chi connectivity index (χ2v) is 9.60. The summed E-state index contributed by atoms with van der Waals surface area (Å²) in [7, 11) is 1.73. The van der Waals surface area contributed by atoms with E-state index in [1.165, 1.54) is 33.4 Å². The molecule has 2 heterocycles. The molecule has 0 spiro atoms. The summed E-state index contributed by atoms with van der Waals surface area (Å²) in [6.07, 6.45) is 3.17. The highest BCUT2D eigenvalue weighted by atomic mass is 16.1. The fourth-order valence-corrected chi connectivity index (χ4v) is 5.09. The SMILES string of the molecule is CNC(=O)c1cc(C(C)CN2CCc3ccc(C(C)C)cc3CC2)cc2c1CCNC2. The van der Waals surface area contributed by atoms with E-state index in [1.54, 1.807) is 7.05 Å². The number of benzene rings is 2. The molecule has 1 amide bonds. The molecule has 1 unspecified atom stereocenters. The Morgan fingerprint density at radius 1 is 1.00 bits per heavy atom. The van der Waals surface area contributed by atoms with Gasteiger partial charge in [0.05, 0.1) is 0 Å². The topological polar surface area (TPSA) is 44.4 Å². The zero-order valence-electron chi connectivity index (χ0n) is 19.6. The Morgan fingerprint density at radius 2 is 1.74 bits per heavy atom. The zero-order valence-corrected chi connectivity index (χ0v) is 19.6. The molecule has 4 heteroatoms. The number of amides is 1. The minimum Gasteiger partial charge on any atom is -0.355 e. The van der Waals surface area contributed by atoms with Crippen LogP contribution in [-0.2, 0) is 25.8 Å². The van der Waals surface area contributed by atoms with E-state index in [2.05, 4.69) is 66.6 Å². The highest BCUT2D eigenvalue weighted by Gasteiger charge is 2.22. The quantitative estimate of drug-likeness (QED) is 0.769. The van der Waals surface area contributed by atoms with Crippen LogP contribution in [0.15, 0.2) is 30.3 Å². The zero-order chi connectivity index (χ0) is 22.0. The molecule has 166 valence electrons. The van der Waals surface area contributed by atoms with Gasteiger partial charge >= 0.3 is 0 Å². The molecule has 0 saturated carbocycles. The highest BCUT2D eigenvalue weighted by Crippen LogP contribution is 2.28.